The van der Waals surface area contributed by atoms with Crippen molar-refractivity contribution >= 4 is 11.8 Å². The molecule has 0 aliphatic carbocycles. The molecule has 0 radical (unpaired) electrons. The Kier molecular flexibility index (Phi) is 6.72. The fraction of sp³-hybridized carbons (Fsp3) is 0.619. The average molecular weight is 373 g/mol. The summed E-state index contributed by atoms with van der Waals surface area (Å²) in [7, 11) is 1.64. The molecule has 1 aromatic carbocycles. The molecule has 2 amide bonds. The third-order valence-corrected chi connectivity index (χ3v) is 5.59. The summed E-state index contributed by atoms with van der Waals surface area (Å²) < 4.78 is 5.18. The van der Waals surface area contributed by atoms with E-state index in [9.17, 15) is 9.59 Å². The van der Waals surface area contributed by atoms with Crippen molar-refractivity contribution < 1.29 is 14.3 Å². The topological polar surface area (TPSA) is 61.9 Å². The molecule has 0 aromatic heterocycles. The van der Waals surface area contributed by atoms with Crippen molar-refractivity contribution in [2.45, 2.75) is 45.2 Å². The number of hydrogen-bond acceptors (Lipinski definition) is 4. The Bertz CT molecular complexity index is 641. The molecule has 0 spiro atoms. The largest absolute Gasteiger partial charge is 0.497 e. The molecule has 6 heteroatoms. The Morgan fingerprint density at radius 2 is 1.96 bits per heavy atom. The quantitative estimate of drug-likeness (QED) is 0.794. The van der Waals surface area contributed by atoms with Crippen LogP contribution in [0.3, 0.4) is 0 Å². The molecule has 2 aliphatic rings. The normalized spacial score (nSPS) is 20.7. The van der Waals surface area contributed by atoms with Gasteiger partial charge in [0.15, 0.2) is 0 Å². The van der Waals surface area contributed by atoms with Crippen LogP contribution in [0.15, 0.2) is 24.3 Å². The highest BCUT2D eigenvalue weighted by Crippen LogP contribution is 2.25. The predicted molar refractivity (Wildman–Crippen MR) is 104 cm³/mol. The molecule has 148 valence electrons. The van der Waals surface area contributed by atoms with Gasteiger partial charge in [0.2, 0.25) is 11.8 Å². The number of likely N-dealkylation sites (tertiary alicyclic amines) is 1. The number of methoxy groups -OCH3 is 1. The van der Waals surface area contributed by atoms with Crippen LogP contribution in [0.5, 0.6) is 5.75 Å². The second-order valence-electron chi connectivity index (χ2n) is 7.54. The van der Waals surface area contributed by atoms with E-state index >= 15 is 0 Å². The first kappa shape index (κ1) is 19.7. The number of nitrogens with one attached hydrogen (secondary N) is 1. The Morgan fingerprint density at radius 3 is 2.59 bits per heavy atom. The second-order valence-corrected chi connectivity index (χ2v) is 7.54. The minimum absolute atomic E-state index is 0.0749. The second kappa shape index (κ2) is 9.22. The van der Waals surface area contributed by atoms with Crippen LogP contribution in [-0.4, -0.2) is 60.9 Å². The molecule has 1 unspecified atom stereocenters. The Balaban J connectivity index is 1.62. The Labute approximate surface area is 161 Å². The number of benzene rings is 1. The number of hydrogen-bond donors (Lipinski definition) is 1. The predicted octanol–water partition coefficient (Wildman–Crippen LogP) is 2.03. The number of piperidine rings is 1. The van der Waals surface area contributed by atoms with E-state index in [1.54, 1.807) is 7.11 Å². The van der Waals surface area contributed by atoms with E-state index in [2.05, 4.69) is 17.1 Å². The molecule has 2 saturated heterocycles. The van der Waals surface area contributed by atoms with E-state index in [1.165, 1.54) is 0 Å². The van der Waals surface area contributed by atoms with Crippen molar-refractivity contribution in [3.63, 3.8) is 0 Å². The molecule has 1 aromatic rings. The number of carbonyl (C=O) groups excluding carboxylic acids is 2. The van der Waals surface area contributed by atoms with Crippen LogP contribution in [0.1, 0.15) is 38.2 Å². The van der Waals surface area contributed by atoms with Gasteiger partial charge in [0.1, 0.15) is 5.75 Å². The van der Waals surface area contributed by atoms with Gasteiger partial charge in [0.25, 0.3) is 0 Å². The molecular weight excluding hydrogens is 342 g/mol. The fourth-order valence-corrected chi connectivity index (χ4v) is 4.11. The summed E-state index contributed by atoms with van der Waals surface area (Å²) in [5, 5.41) is 3.36. The molecule has 0 bridgehead atoms. The van der Waals surface area contributed by atoms with Gasteiger partial charge in [-0.3, -0.25) is 9.59 Å². The lowest BCUT2D eigenvalue weighted by Crippen LogP contribution is -2.48. The van der Waals surface area contributed by atoms with Crippen molar-refractivity contribution in [2.75, 3.05) is 33.3 Å². The fourth-order valence-electron chi connectivity index (χ4n) is 4.11. The van der Waals surface area contributed by atoms with Crippen molar-refractivity contribution in [2.24, 2.45) is 5.92 Å². The summed E-state index contributed by atoms with van der Waals surface area (Å²) in [4.78, 5) is 29.5. The van der Waals surface area contributed by atoms with Gasteiger partial charge in [0.05, 0.1) is 13.0 Å². The maximum Gasteiger partial charge on any atom is 0.228 e. The number of carbonyl (C=O) groups is 2. The van der Waals surface area contributed by atoms with Gasteiger partial charge in [0, 0.05) is 32.1 Å². The van der Waals surface area contributed by atoms with E-state index in [0.29, 0.717) is 25.6 Å². The van der Waals surface area contributed by atoms with E-state index in [0.717, 1.165) is 50.2 Å². The minimum atomic E-state index is -0.211. The maximum atomic E-state index is 13.2. The molecule has 6 nitrogen and oxygen atoms in total. The lowest BCUT2D eigenvalue weighted by atomic mass is 10.0. The molecule has 2 aliphatic heterocycles. The third-order valence-electron chi connectivity index (χ3n) is 5.59. The summed E-state index contributed by atoms with van der Waals surface area (Å²) in [5.41, 5.74) is 1.06. The number of rotatable bonds is 7. The zero-order chi connectivity index (χ0) is 19.2. The third kappa shape index (κ3) is 4.80. The van der Waals surface area contributed by atoms with Gasteiger partial charge < -0.3 is 19.9 Å². The Morgan fingerprint density at radius 1 is 1.26 bits per heavy atom. The first-order valence-corrected chi connectivity index (χ1v) is 10.0. The van der Waals surface area contributed by atoms with Crippen LogP contribution in [0, 0.1) is 5.92 Å². The van der Waals surface area contributed by atoms with Crippen LogP contribution in [0.4, 0.5) is 0 Å². The molecular formula is C21H31N3O3. The first-order valence-electron chi connectivity index (χ1n) is 10.0. The highest BCUT2D eigenvalue weighted by atomic mass is 16.5. The lowest BCUT2D eigenvalue weighted by Gasteiger charge is -2.36. The summed E-state index contributed by atoms with van der Waals surface area (Å²) in [6.45, 7) is 5.89. The van der Waals surface area contributed by atoms with Gasteiger partial charge >= 0.3 is 0 Å². The smallest absolute Gasteiger partial charge is 0.228 e. The number of amides is 2. The molecule has 2 fully saturated rings. The number of ether oxygens (including phenoxy) is 1. The highest BCUT2D eigenvalue weighted by Gasteiger charge is 2.38. The maximum absolute atomic E-state index is 13.2. The molecule has 0 saturated carbocycles. The summed E-state index contributed by atoms with van der Waals surface area (Å²) in [6.07, 6.45) is 3.29. The zero-order valence-corrected chi connectivity index (χ0v) is 16.4. The van der Waals surface area contributed by atoms with Crippen LogP contribution in [0.2, 0.25) is 0 Å². The van der Waals surface area contributed by atoms with Gasteiger partial charge in [-0.2, -0.15) is 0 Å². The first-order chi connectivity index (χ1) is 13.1. The van der Waals surface area contributed by atoms with Crippen LogP contribution < -0.4 is 10.1 Å². The van der Waals surface area contributed by atoms with Crippen molar-refractivity contribution in [3.8, 4) is 5.75 Å². The van der Waals surface area contributed by atoms with Gasteiger partial charge in [-0.1, -0.05) is 19.1 Å². The molecule has 2 heterocycles. The van der Waals surface area contributed by atoms with E-state index in [1.807, 2.05) is 29.2 Å². The van der Waals surface area contributed by atoms with E-state index in [4.69, 9.17) is 4.74 Å². The molecule has 27 heavy (non-hydrogen) atoms. The van der Waals surface area contributed by atoms with E-state index < -0.39 is 0 Å². The Hall–Kier alpha value is -2.08. The van der Waals surface area contributed by atoms with Crippen molar-refractivity contribution in [3.05, 3.63) is 29.8 Å². The summed E-state index contributed by atoms with van der Waals surface area (Å²) in [5.74, 6) is 0.828. The van der Waals surface area contributed by atoms with Crippen LogP contribution >= 0.6 is 0 Å². The van der Waals surface area contributed by atoms with Crippen LogP contribution in [0.25, 0.3) is 0 Å². The van der Waals surface area contributed by atoms with Crippen molar-refractivity contribution in [1.82, 2.24) is 15.1 Å². The zero-order valence-electron chi connectivity index (χ0n) is 16.4. The SMILES string of the molecule is CCCN(C(=O)C1CC(=O)N(Cc2ccc(OC)cc2)C1)C1CCNCC1. The number of nitrogens with zero attached hydrogens (tertiary/aromatic N) is 2. The summed E-state index contributed by atoms with van der Waals surface area (Å²) in [6, 6.07) is 8.06. The lowest BCUT2D eigenvalue weighted by molar-refractivity contribution is -0.138. The minimum Gasteiger partial charge on any atom is -0.497 e. The highest BCUT2D eigenvalue weighted by molar-refractivity contribution is 5.89. The van der Waals surface area contributed by atoms with Gasteiger partial charge in [-0.05, 0) is 50.0 Å². The monoisotopic (exact) mass is 373 g/mol. The van der Waals surface area contributed by atoms with Crippen molar-refractivity contribution in [1.29, 1.82) is 0 Å². The van der Waals surface area contributed by atoms with Gasteiger partial charge in [-0.25, -0.2) is 0 Å². The average Bonchev–Trinajstić information content (AvgIpc) is 3.07. The van der Waals surface area contributed by atoms with E-state index in [-0.39, 0.29) is 17.7 Å². The standard InChI is InChI=1S/C21H31N3O3/c1-3-12-24(18-8-10-22-11-9-18)21(26)17-13-20(25)23(15-17)14-16-4-6-19(27-2)7-5-16/h4-7,17-18,22H,3,8-15H2,1-2H3. The molecule has 1 atom stereocenters. The molecule has 3 rings (SSSR count). The summed E-state index contributed by atoms with van der Waals surface area (Å²) >= 11 is 0. The molecule has 1 N–H and O–H groups in total. The van der Waals surface area contributed by atoms with Gasteiger partial charge in [-0.15, -0.1) is 0 Å². The van der Waals surface area contributed by atoms with Crippen LogP contribution in [-0.2, 0) is 16.1 Å².